The fourth-order valence-corrected chi connectivity index (χ4v) is 0.0577. The molecule has 5 N–H and O–H groups in total. The van der Waals surface area contributed by atoms with Crippen molar-refractivity contribution in [2.75, 3.05) is 13.2 Å². The van der Waals surface area contributed by atoms with Crippen LogP contribution in [-0.2, 0) is 21.2 Å². The summed E-state index contributed by atoms with van der Waals surface area (Å²) >= 11 is -5.25. The predicted octanol–water partition coefficient (Wildman–Crippen LogP) is -3.02. The summed E-state index contributed by atoms with van der Waals surface area (Å²) in [5.41, 5.74) is 0. The monoisotopic (exact) mass is 210 g/mol. The molecule has 11 heavy (non-hydrogen) atoms. The number of hydrogen-bond donors (Lipinski definition) is 5. The Morgan fingerprint density at radius 3 is 1.27 bits per heavy atom. The zero-order valence-electron chi connectivity index (χ0n) is 5.45. The molecule has 0 aromatic heterocycles. The summed E-state index contributed by atoms with van der Waals surface area (Å²) in [6, 6.07) is 0. The van der Waals surface area contributed by atoms with Crippen molar-refractivity contribution >= 4 is 0 Å². The molecule has 7 nitrogen and oxygen atoms in total. The summed E-state index contributed by atoms with van der Waals surface area (Å²) in [6.45, 7) is -0.729. The maximum absolute atomic E-state index is 8.82. The molecule has 0 aromatic rings. The summed E-state index contributed by atoms with van der Waals surface area (Å²) in [5, 5.41) is 24.0. The van der Waals surface area contributed by atoms with E-state index in [9.17, 15) is 0 Å². The number of aliphatic hydroxyl groups is 3. The van der Waals surface area contributed by atoms with E-state index in [2.05, 4.69) is 0 Å². The quantitative estimate of drug-likeness (QED) is 0.327. The third-order valence-electron chi connectivity index (χ3n) is 0.421. The number of aliphatic hydroxyl groups excluding tert-OH is 3. The number of rotatable bonds is 2. The van der Waals surface area contributed by atoms with Crippen LogP contribution < -0.4 is 0 Å². The molecule has 0 rings (SSSR count). The average Bonchev–Trinajstić information content (AvgIpc) is 1.83. The van der Waals surface area contributed by atoms with Gasteiger partial charge in [0.15, 0.2) is 0 Å². The summed E-state index contributed by atoms with van der Waals surface area (Å²) in [7, 11) is 0. The van der Waals surface area contributed by atoms with E-state index in [0.717, 1.165) is 0 Å². The SMILES string of the molecule is OCC(O)CO.[O]=[Cr](=[O])([OH])[OH]. The van der Waals surface area contributed by atoms with Crippen LogP contribution in [0.5, 0.6) is 0 Å². The second-order valence-corrected chi connectivity index (χ2v) is 2.87. The van der Waals surface area contributed by atoms with Gasteiger partial charge in [-0.15, -0.1) is 0 Å². The Morgan fingerprint density at radius 2 is 1.27 bits per heavy atom. The van der Waals surface area contributed by atoms with Crippen LogP contribution >= 0.6 is 0 Å². The second kappa shape index (κ2) is 6.63. The van der Waals surface area contributed by atoms with Crippen LogP contribution in [0, 0.1) is 0 Å². The van der Waals surface area contributed by atoms with Gasteiger partial charge in [-0.3, -0.25) is 0 Å². The van der Waals surface area contributed by atoms with Crippen molar-refractivity contribution in [2.24, 2.45) is 0 Å². The number of hydrogen-bond acceptors (Lipinski definition) is 5. The fourth-order valence-electron chi connectivity index (χ4n) is 0.0577. The molecule has 0 amide bonds. The van der Waals surface area contributed by atoms with Crippen molar-refractivity contribution in [1.29, 1.82) is 0 Å². The molecule has 0 saturated heterocycles. The van der Waals surface area contributed by atoms with Gasteiger partial charge in [-0.25, -0.2) is 0 Å². The minimum absolute atomic E-state index is 0.365. The first-order chi connectivity index (χ1) is 4.81. The van der Waals surface area contributed by atoms with E-state index < -0.39 is 19.7 Å². The van der Waals surface area contributed by atoms with Crippen molar-refractivity contribution < 1.29 is 44.9 Å². The van der Waals surface area contributed by atoms with Crippen LogP contribution in [0.4, 0.5) is 0 Å². The zero-order chi connectivity index (χ0) is 9.49. The minimum atomic E-state index is -5.25. The van der Waals surface area contributed by atoms with Crippen molar-refractivity contribution in [3.8, 4) is 0 Å². The first-order valence-corrected chi connectivity index (χ1v) is 4.59. The normalized spacial score (nSPS) is 10.7. The molecule has 0 aliphatic rings. The van der Waals surface area contributed by atoms with Gasteiger partial charge in [0.25, 0.3) is 0 Å². The molecule has 0 bridgehead atoms. The van der Waals surface area contributed by atoms with Crippen molar-refractivity contribution in [2.45, 2.75) is 6.10 Å². The van der Waals surface area contributed by atoms with E-state index in [4.69, 9.17) is 31.2 Å². The van der Waals surface area contributed by atoms with E-state index in [1.807, 2.05) is 0 Å². The summed E-state index contributed by atoms with van der Waals surface area (Å²) in [5.74, 6) is 0. The third kappa shape index (κ3) is 40.4. The van der Waals surface area contributed by atoms with Gasteiger partial charge in [-0.1, -0.05) is 0 Å². The van der Waals surface area contributed by atoms with Gasteiger partial charge in [0.2, 0.25) is 0 Å². The Hall–Kier alpha value is -0.0675. The van der Waals surface area contributed by atoms with Gasteiger partial charge in [-0.05, 0) is 0 Å². The van der Waals surface area contributed by atoms with E-state index in [0.29, 0.717) is 0 Å². The van der Waals surface area contributed by atoms with Crippen LogP contribution in [0.25, 0.3) is 0 Å². The van der Waals surface area contributed by atoms with Gasteiger partial charge in [-0.2, -0.15) is 0 Å². The Morgan fingerprint density at radius 1 is 1.09 bits per heavy atom. The zero-order valence-corrected chi connectivity index (χ0v) is 6.73. The van der Waals surface area contributed by atoms with Crippen LogP contribution in [0.2, 0.25) is 0 Å². The van der Waals surface area contributed by atoms with Gasteiger partial charge >= 0.3 is 29.5 Å². The molecule has 0 radical (unpaired) electrons. The molecule has 0 atom stereocenters. The van der Waals surface area contributed by atoms with Crippen LogP contribution in [0.1, 0.15) is 0 Å². The molecule has 0 saturated carbocycles. The van der Waals surface area contributed by atoms with E-state index in [-0.39, 0.29) is 13.2 Å². The molecule has 0 aliphatic carbocycles. The summed E-state index contributed by atoms with van der Waals surface area (Å²) < 4.78 is 31.9. The first kappa shape index (κ1) is 13.5. The van der Waals surface area contributed by atoms with Crippen molar-refractivity contribution in [3.05, 3.63) is 0 Å². The molecule has 0 spiro atoms. The van der Waals surface area contributed by atoms with Gasteiger partial charge in [0, 0.05) is 0 Å². The Balaban J connectivity index is 0. The first-order valence-electron chi connectivity index (χ1n) is 2.41. The third-order valence-corrected chi connectivity index (χ3v) is 0.421. The Kier molecular flexibility index (Phi) is 8.15. The Labute approximate surface area is 64.9 Å². The second-order valence-electron chi connectivity index (χ2n) is 1.47. The molecule has 8 heteroatoms. The van der Waals surface area contributed by atoms with E-state index in [1.165, 1.54) is 0 Å². The average molecular weight is 210 g/mol. The van der Waals surface area contributed by atoms with Gasteiger partial charge in [0.05, 0.1) is 13.2 Å². The Bertz CT molecular complexity index is 149. The molecule has 0 unspecified atom stereocenters. The van der Waals surface area contributed by atoms with Gasteiger partial charge in [0.1, 0.15) is 6.10 Å². The molecule has 0 heterocycles. The molecular formula is C3H10CrO7. The van der Waals surface area contributed by atoms with E-state index in [1.54, 1.807) is 0 Å². The summed E-state index contributed by atoms with van der Waals surface area (Å²) in [4.78, 5) is 0. The van der Waals surface area contributed by atoms with Crippen molar-refractivity contribution in [1.82, 2.24) is 0 Å². The predicted molar refractivity (Wildman–Crippen MR) is 26.0 cm³/mol. The summed E-state index contributed by atoms with van der Waals surface area (Å²) in [6.07, 6.45) is -0.954. The molecule has 70 valence electrons. The molecule has 0 aromatic carbocycles. The topological polar surface area (TPSA) is 135 Å². The molecule has 0 fully saturated rings. The van der Waals surface area contributed by atoms with Crippen LogP contribution in [0.3, 0.4) is 0 Å². The maximum atomic E-state index is 8.82. The van der Waals surface area contributed by atoms with E-state index >= 15 is 0 Å². The van der Waals surface area contributed by atoms with Gasteiger partial charge < -0.3 is 15.3 Å². The standard InChI is InChI=1S/C3H8O3.Cr.2H2O.2O/c4-1-3(6)2-5;;;;;/h3-6H,1-2H2;;2*1H2;;/q;+2;;;;/p-2. The molecular weight excluding hydrogens is 200 g/mol. The van der Waals surface area contributed by atoms with Crippen molar-refractivity contribution in [3.63, 3.8) is 0 Å². The molecule has 0 aliphatic heterocycles. The van der Waals surface area contributed by atoms with Crippen LogP contribution in [0.15, 0.2) is 0 Å². The van der Waals surface area contributed by atoms with Crippen LogP contribution in [-0.4, -0.2) is 43.0 Å². The fraction of sp³-hybridized carbons (Fsp3) is 1.00.